The number of aromatic nitrogens is 1. The summed E-state index contributed by atoms with van der Waals surface area (Å²) in [5.41, 5.74) is 2.37. The maximum Gasteiger partial charge on any atom is 0.255 e. The van der Waals surface area contributed by atoms with Crippen molar-refractivity contribution in [1.82, 2.24) is 14.8 Å². The fourth-order valence-corrected chi connectivity index (χ4v) is 3.29. The minimum atomic E-state index is -0.0325. The molecule has 2 amide bonds. The number of rotatable bonds is 2. The molecule has 1 fully saturated rings. The molecule has 0 aliphatic carbocycles. The predicted octanol–water partition coefficient (Wildman–Crippen LogP) is 1.61. The van der Waals surface area contributed by atoms with Crippen molar-refractivity contribution >= 4 is 11.8 Å². The Morgan fingerprint density at radius 3 is 2.36 bits per heavy atom. The summed E-state index contributed by atoms with van der Waals surface area (Å²) in [6.07, 6.45) is 4.07. The van der Waals surface area contributed by atoms with Crippen molar-refractivity contribution in [2.75, 3.05) is 32.8 Å². The third kappa shape index (κ3) is 3.07. The quantitative estimate of drug-likeness (QED) is 0.835. The van der Waals surface area contributed by atoms with E-state index in [1.54, 1.807) is 29.4 Å². The molecule has 0 N–H and O–H groups in total. The average molecular weight is 337 g/mol. The Kier molecular flexibility index (Phi) is 4.09. The van der Waals surface area contributed by atoms with Gasteiger partial charge in [-0.2, -0.15) is 0 Å². The molecule has 0 atom stereocenters. The van der Waals surface area contributed by atoms with Gasteiger partial charge in [0.1, 0.15) is 5.75 Å². The molecular weight excluding hydrogens is 318 g/mol. The van der Waals surface area contributed by atoms with Gasteiger partial charge in [-0.3, -0.25) is 14.6 Å². The summed E-state index contributed by atoms with van der Waals surface area (Å²) in [6, 6.07) is 9.14. The second-order valence-electron chi connectivity index (χ2n) is 6.25. The molecule has 2 aliphatic rings. The van der Waals surface area contributed by atoms with E-state index in [0.717, 1.165) is 17.7 Å². The lowest BCUT2D eigenvalue weighted by molar-refractivity contribution is 0.0535. The van der Waals surface area contributed by atoms with Crippen LogP contribution in [0.5, 0.6) is 5.75 Å². The van der Waals surface area contributed by atoms with Crippen LogP contribution < -0.4 is 4.74 Å². The van der Waals surface area contributed by atoms with E-state index in [2.05, 4.69) is 4.98 Å². The number of nitrogens with zero attached hydrogens (tertiary/aromatic N) is 3. The van der Waals surface area contributed by atoms with Crippen LogP contribution in [0.25, 0.3) is 0 Å². The van der Waals surface area contributed by atoms with E-state index in [1.165, 1.54) is 0 Å². The van der Waals surface area contributed by atoms with Crippen LogP contribution in [0, 0.1) is 0 Å². The Balaban J connectivity index is 1.40. The lowest BCUT2D eigenvalue weighted by atomic mass is 10.1. The fraction of sp³-hybridized carbons (Fsp3) is 0.316. The zero-order valence-electron chi connectivity index (χ0n) is 13.9. The highest BCUT2D eigenvalue weighted by atomic mass is 16.5. The SMILES string of the molecule is O=C(c1cccnc1)N1CCN(C(=O)c2ccc3c(c2)CCO3)CC1. The van der Waals surface area contributed by atoms with Crippen LogP contribution in [0.3, 0.4) is 0 Å². The van der Waals surface area contributed by atoms with Crippen molar-refractivity contribution in [3.63, 3.8) is 0 Å². The molecule has 0 spiro atoms. The minimum absolute atomic E-state index is 0.0168. The summed E-state index contributed by atoms with van der Waals surface area (Å²) in [5.74, 6) is 0.862. The lowest BCUT2D eigenvalue weighted by Crippen LogP contribution is -2.50. The summed E-state index contributed by atoms with van der Waals surface area (Å²) in [7, 11) is 0. The number of amides is 2. The van der Waals surface area contributed by atoms with E-state index in [4.69, 9.17) is 4.74 Å². The number of hydrogen-bond donors (Lipinski definition) is 0. The van der Waals surface area contributed by atoms with Gasteiger partial charge < -0.3 is 14.5 Å². The van der Waals surface area contributed by atoms with Crippen LogP contribution in [-0.2, 0) is 6.42 Å². The maximum atomic E-state index is 12.7. The zero-order chi connectivity index (χ0) is 17.2. The van der Waals surface area contributed by atoms with E-state index >= 15 is 0 Å². The number of hydrogen-bond acceptors (Lipinski definition) is 4. The number of carbonyl (C=O) groups is 2. The Bertz CT molecular complexity index is 799. The molecule has 1 saturated heterocycles. The molecule has 6 nitrogen and oxygen atoms in total. The van der Waals surface area contributed by atoms with Crippen molar-refractivity contribution in [2.45, 2.75) is 6.42 Å². The molecule has 2 aliphatic heterocycles. The van der Waals surface area contributed by atoms with Crippen molar-refractivity contribution < 1.29 is 14.3 Å². The highest BCUT2D eigenvalue weighted by Gasteiger charge is 2.26. The maximum absolute atomic E-state index is 12.7. The second-order valence-corrected chi connectivity index (χ2v) is 6.25. The third-order valence-electron chi connectivity index (χ3n) is 4.70. The van der Waals surface area contributed by atoms with Gasteiger partial charge in [0.2, 0.25) is 0 Å². The van der Waals surface area contributed by atoms with E-state index in [0.29, 0.717) is 43.9 Å². The first-order valence-corrected chi connectivity index (χ1v) is 8.47. The van der Waals surface area contributed by atoms with Gasteiger partial charge in [-0.1, -0.05) is 0 Å². The first-order valence-electron chi connectivity index (χ1n) is 8.47. The van der Waals surface area contributed by atoms with E-state index in [1.807, 2.05) is 23.1 Å². The third-order valence-corrected chi connectivity index (χ3v) is 4.70. The molecule has 0 saturated carbocycles. The van der Waals surface area contributed by atoms with Gasteiger partial charge in [0, 0.05) is 50.6 Å². The molecule has 0 unspecified atom stereocenters. The largest absolute Gasteiger partial charge is 0.493 e. The molecule has 128 valence electrons. The summed E-state index contributed by atoms with van der Waals surface area (Å²) >= 11 is 0. The van der Waals surface area contributed by atoms with Crippen molar-refractivity contribution in [2.24, 2.45) is 0 Å². The topological polar surface area (TPSA) is 62.7 Å². The first-order chi connectivity index (χ1) is 12.2. The van der Waals surface area contributed by atoms with E-state index < -0.39 is 0 Å². The van der Waals surface area contributed by atoms with Crippen LogP contribution in [0.2, 0.25) is 0 Å². The Morgan fingerprint density at radius 2 is 1.68 bits per heavy atom. The lowest BCUT2D eigenvalue weighted by Gasteiger charge is -2.34. The molecule has 3 heterocycles. The van der Waals surface area contributed by atoms with Crippen LogP contribution in [0.4, 0.5) is 0 Å². The summed E-state index contributed by atoms with van der Waals surface area (Å²) < 4.78 is 5.49. The molecule has 1 aromatic carbocycles. The van der Waals surface area contributed by atoms with Crippen LogP contribution in [-0.4, -0.2) is 59.4 Å². The van der Waals surface area contributed by atoms with Crippen LogP contribution in [0.1, 0.15) is 26.3 Å². The molecule has 0 bridgehead atoms. The standard InChI is InChI=1S/C19H19N3O3/c23-18(15-3-4-17-14(12-15)5-11-25-17)21-7-9-22(10-8-21)19(24)16-2-1-6-20-13-16/h1-4,6,12-13H,5,7-11H2. The number of ether oxygens (including phenoxy) is 1. The molecule has 25 heavy (non-hydrogen) atoms. The average Bonchev–Trinajstić information content (AvgIpc) is 3.15. The van der Waals surface area contributed by atoms with Crippen molar-refractivity contribution in [1.29, 1.82) is 0 Å². The van der Waals surface area contributed by atoms with E-state index in [9.17, 15) is 9.59 Å². The van der Waals surface area contributed by atoms with Crippen molar-refractivity contribution in [3.8, 4) is 5.75 Å². The Labute approximate surface area is 146 Å². The van der Waals surface area contributed by atoms with Gasteiger partial charge in [-0.05, 0) is 35.9 Å². The van der Waals surface area contributed by atoms with Gasteiger partial charge in [0.25, 0.3) is 11.8 Å². The van der Waals surface area contributed by atoms with Gasteiger partial charge in [0.15, 0.2) is 0 Å². The number of fused-ring (bicyclic) bond motifs is 1. The smallest absolute Gasteiger partial charge is 0.255 e. The number of carbonyl (C=O) groups excluding carboxylic acids is 2. The summed E-state index contributed by atoms with van der Waals surface area (Å²) in [4.78, 5) is 32.7. The highest BCUT2D eigenvalue weighted by molar-refractivity contribution is 5.96. The van der Waals surface area contributed by atoms with Gasteiger partial charge >= 0.3 is 0 Å². The highest BCUT2D eigenvalue weighted by Crippen LogP contribution is 2.26. The molecule has 1 aromatic heterocycles. The molecular formula is C19H19N3O3. The molecule has 0 radical (unpaired) electrons. The first kappa shape index (κ1) is 15.6. The second kappa shape index (κ2) is 6.55. The van der Waals surface area contributed by atoms with Gasteiger partial charge in [0.05, 0.1) is 12.2 Å². The monoisotopic (exact) mass is 337 g/mol. The van der Waals surface area contributed by atoms with Crippen LogP contribution in [0.15, 0.2) is 42.7 Å². The number of pyridine rings is 1. The van der Waals surface area contributed by atoms with Gasteiger partial charge in [-0.15, -0.1) is 0 Å². The summed E-state index contributed by atoms with van der Waals surface area (Å²) in [5, 5.41) is 0. The zero-order valence-corrected chi connectivity index (χ0v) is 13.9. The van der Waals surface area contributed by atoms with Gasteiger partial charge in [-0.25, -0.2) is 0 Å². The molecule has 2 aromatic rings. The van der Waals surface area contributed by atoms with E-state index in [-0.39, 0.29) is 11.8 Å². The predicted molar refractivity (Wildman–Crippen MR) is 91.7 cm³/mol. The molecule has 6 heteroatoms. The summed E-state index contributed by atoms with van der Waals surface area (Å²) in [6.45, 7) is 2.83. The molecule has 4 rings (SSSR count). The van der Waals surface area contributed by atoms with Crippen molar-refractivity contribution in [3.05, 3.63) is 59.4 Å². The number of piperazine rings is 1. The minimum Gasteiger partial charge on any atom is -0.493 e. The fourth-order valence-electron chi connectivity index (χ4n) is 3.29. The normalized spacial score (nSPS) is 16.3. The van der Waals surface area contributed by atoms with Crippen LogP contribution >= 0.6 is 0 Å². The Hall–Kier alpha value is -2.89. The number of benzene rings is 1. The Morgan fingerprint density at radius 1 is 0.960 bits per heavy atom.